The molecular weight excluding hydrogens is 408 g/mol. The van der Waals surface area contributed by atoms with Gasteiger partial charge in [0.25, 0.3) is 5.91 Å². The molecule has 3 aromatic rings. The Morgan fingerprint density at radius 2 is 2.10 bits per heavy atom. The molecule has 0 radical (unpaired) electrons. The highest BCUT2D eigenvalue weighted by atomic mass is 32.2. The van der Waals surface area contributed by atoms with Crippen LogP contribution in [-0.2, 0) is 19.3 Å². The lowest BCUT2D eigenvalue weighted by Gasteiger charge is -2.28. The van der Waals surface area contributed by atoms with Crippen molar-refractivity contribution in [1.29, 1.82) is 0 Å². The topological polar surface area (TPSA) is 63.3 Å². The SMILES string of the molecule is Cn1nc(C(=O)NCCN(Cc2ccco2)C2CCCC2)c2c1-c1ccccc1SC2. The number of benzene rings is 1. The van der Waals surface area contributed by atoms with Gasteiger partial charge in [0.05, 0.1) is 18.5 Å². The third kappa shape index (κ3) is 4.16. The van der Waals surface area contributed by atoms with E-state index in [2.05, 4.69) is 33.5 Å². The van der Waals surface area contributed by atoms with Crippen LogP contribution in [0, 0.1) is 0 Å². The van der Waals surface area contributed by atoms with Crippen molar-refractivity contribution in [3.8, 4) is 11.3 Å². The van der Waals surface area contributed by atoms with Crippen LogP contribution in [0.15, 0.2) is 52.0 Å². The molecule has 0 bridgehead atoms. The van der Waals surface area contributed by atoms with Gasteiger partial charge >= 0.3 is 0 Å². The summed E-state index contributed by atoms with van der Waals surface area (Å²) in [5.74, 6) is 1.67. The Morgan fingerprint density at radius 3 is 2.90 bits per heavy atom. The molecule has 5 rings (SSSR count). The number of nitrogens with one attached hydrogen (secondary N) is 1. The second-order valence-electron chi connectivity index (χ2n) is 8.33. The van der Waals surface area contributed by atoms with Crippen LogP contribution in [0.2, 0.25) is 0 Å². The molecule has 1 aromatic carbocycles. The van der Waals surface area contributed by atoms with Crippen molar-refractivity contribution in [2.75, 3.05) is 13.1 Å². The van der Waals surface area contributed by atoms with Gasteiger partial charge in [0.15, 0.2) is 5.69 Å². The van der Waals surface area contributed by atoms with Crippen molar-refractivity contribution >= 4 is 17.7 Å². The number of fused-ring (bicyclic) bond motifs is 3. The van der Waals surface area contributed by atoms with Gasteiger partial charge < -0.3 is 9.73 Å². The summed E-state index contributed by atoms with van der Waals surface area (Å²) in [6.45, 7) is 2.20. The first kappa shape index (κ1) is 20.4. The summed E-state index contributed by atoms with van der Waals surface area (Å²) in [5.41, 5.74) is 3.81. The normalized spacial score (nSPS) is 15.8. The van der Waals surface area contributed by atoms with Crippen LogP contribution in [-0.4, -0.2) is 39.7 Å². The first-order valence-electron chi connectivity index (χ1n) is 11.0. The highest BCUT2D eigenvalue weighted by molar-refractivity contribution is 7.98. The molecule has 2 aromatic heterocycles. The summed E-state index contributed by atoms with van der Waals surface area (Å²) in [6, 6.07) is 12.9. The predicted octanol–water partition coefficient (Wildman–Crippen LogP) is 4.46. The van der Waals surface area contributed by atoms with Gasteiger partial charge in [-0.15, -0.1) is 11.8 Å². The van der Waals surface area contributed by atoms with Gasteiger partial charge in [0, 0.05) is 48.0 Å². The molecule has 7 heteroatoms. The predicted molar refractivity (Wildman–Crippen MR) is 122 cm³/mol. The van der Waals surface area contributed by atoms with Crippen LogP contribution >= 0.6 is 11.8 Å². The van der Waals surface area contributed by atoms with Gasteiger partial charge in [-0.05, 0) is 31.0 Å². The minimum Gasteiger partial charge on any atom is -0.468 e. The summed E-state index contributed by atoms with van der Waals surface area (Å²) < 4.78 is 7.42. The Balaban J connectivity index is 1.27. The van der Waals surface area contributed by atoms with Gasteiger partial charge in [0.2, 0.25) is 0 Å². The second-order valence-corrected chi connectivity index (χ2v) is 9.35. The summed E-state index contributed by atoms with van der Waals surface area (Å²) in [7, 11) is 1.92. The van der Waals surface area contributed by atoms with Crippen LogP contribution in [0.25, 0.3) is 11.3 Å². The highest BCUT2D eigenvalue weighted by Crippen LogP contribution is 2.42. The van der Waals surface area contributed by atoms with E-state index in [9.17, 15) is 4.79 Å². The zero-order valence-electron chi connectivity index (χ0n) is 17.8. The summed E-state index contributed by atoms with van der Waals surface area (Å²) in [4.78, 5) is 16.7. The summed E-state index contributed by atoms with van der Waals surface area (Å²) in [6.07, 6.45) is 6.73. The Kier molecular flexibility index (Phi) is 5.87. The molecule has 1 saturated carbocycles. The largest absolute Gasteiger partial charge is 0.468 e. The number of hydrogen-bond acceptors (Lipinski definition) is 5. The zero-order valence-corrected chi connectivity index (χ0v) is 18.7. The lowest BCUT2D eigenvalue weighted by molar-refractivity contribution is 0.0934. The molecule has 0 saturated heterocycles. The Morgan fingerprint density at radius 1 is 1.26 bits per heavy atom. The molecular formula is C24H28N4O2S. The Labute approximate surface area is 187 Å². The lowest BCUT2D eigenvalue weighted by Crippen LogP contribution is -2.39. The minimum absolute atomic E-state index is 0.0822. The number of aromatic nitrogens is 2. The molecule has 2 aliphatic rings. The zero-order chi connectivity index (χ0) is 21.2. The summed E-state index contributed by atoms with van der Waals surface area (Å²) in [5, 5.41) is 7.71. The molecule has 162 valence electrons. The third-order valence-electron chi connectivity index (χ3n) is 6.34. The van der Waals surface area contributed by atoms with Crippen molar-refractivity contribution in [2.45, 2.75) is 48.9 Å². The molecule has 0 unspecified atom stereocenters. The Bertz CT molecular complexity index is 1050. The Hall–Kier alpha value is -2.51. The number of furan rings is 1. The minimum atomic E-state index is -0.0822. The van der Waals surface area contributed by atoms with Gasteiger partial charge in [-0.1, -0.05) is 31.0 Å². The van der Waals surface area contributed by atoms with Gasteiger partial charge in [-0.25, -0.2) is 0 Å². The molecule has 3 heterocycles. The number of nitrogens with zero attached hydrogens (tertiary/aromatic N) is 3. The van der Waals surface area contributed by atoms with E-state index in [0.717, 1.165) is 41.4 Å². The fourth-order valence-electron chi connectivity index (χ4n) is 4.82. The maximum Gasteiger partial charge on any atom is 0.272 e. The van der Waals surface area contributed by atoms with Crippen LogP contribution in [0.1, 0.15) is 47.5 Å². The fraction of sp³-hybridized carbons (Fsp3) is 0.417. The molecule has 0 spiro atoms. The van der Waals surface area contributed by atoms with E-state index in [1.165, 1.54) is 30.6 Å². The first-order chi connectivity index (χ1) is 15.2. The lowest BCUT2D eigenvalue weighted by atomic mass is 10.1. The van der Waals surface area contributed by atoms with Crippen LogP contribution < -0.4 is 5.32 Å². The third-order valence-corrected chi connectivity index (χ3v) is 7.44. The highest BCUT2D eigenvalue weighted by Gasteiger charge is 2.28. The average Bonchev–Trinajstić information content (AvgIpc) is 3.54. The molecule has 1 amide bonds. The molecule has 0 atom stereocenters. The van der Waals surface area contributed by atoms with Crippen LogP contribution in [0.3, 0.4) is 0 Å². The van der Waals surface area contributed by atoms with E-state index >= 15 is 0 Å². The number of aryl methyl sites for hydroxylation is 1. The number of carbonyl (C=O) groups is 1. The van der Waals surface area contributed by atoms with Gasteiger partial charge in [0.1, 0.15) is 5.76 Å². The summed E-state index contributed by atoms with van der Waals surface area (Å²) >= 11 is 1.77. The first-order valence-corrected chi connectivity index (χ1v) is 12.0. The quantitative estimate of drug-likeness (QED) is 0.592. The van der Waals surface area contributed by atoms with E-state index in [1.807, 2.05) is 29.9 Å². The van der Waals surface area contributed by atoms with Crippen molar-refractivity contribution in [1.82, 2.24) is 20.0 Å². The molecule has 31 heavy (non-hydrogen) atoms. The molecule has 1 N–H and O–H groups in total. The van der Waals surface area contributed by atoms with Crippen molar-refractivity contribution < 1.29 is 9.21 Å². The molecule has 1 aliphatic carbocycles. The smallest absolute Gasteiger partial charge is 0.272 e. The van der Waals surface area contributed by atoms with E-state index in [0.29, 0.717) is 18.3 Å². The van der Waals surface area contributed by atoms with Gasteiger partial charge in [-0.2, -0.15) is 5.10 Å². The van der Waals surface area contributed by atoms with Crippen molar-refractivity contribution in [3.63, 3.8) is 0 Å². The standard InChI is InChI=1S/C24H28N4O2S/c1-27-23-19-10-4-5-11-21(19)31-16-20(23)22(26-27)24(29)25-12-13-28(17-7-2-3-8-17)15-18-9-6-14-30-18/h4-6,9-11,14,17H,2-3,7-8,12-13,15-16H2,1H3,(H,25,29). The van der Waals surface area contributed by atoms with Crippen molar-refractivity contribution in [2.24, 2.45) is 7.05 Å². The molecule has 1 aliphatic heterocycles. The van der Waals surface area contributed by atoms with Gasteiger partial charge in [-0.3, -0.25) is 14.4 Å². The monoisotopic (exact) mass is 436 g/mol. The molecule has 1 fully saturated rings. The fourth-order valence-corrected chi connectivity index (χ4v) is 5.89. The maximum absolute atomic E-state index is 13.0. The van der Waals surface area contributed by atoms with Crippen molar-refractivity contribution in [3.05, 3.63) is 59.7 Å². The van der Waals surface area contributed by atoms with E-state index in [1.54, 1.807) is 18.0 Å². The number of amides is 1. The second kappa shape index (κ2) is 8.93. The van der Waals surface area contributed by atoms with E-state index in [4.69, 9.17) is 4.42 Å². The van der Waals surface area contributed by atoms with Crippen LogP contribution in [0.5, 0.6) is 0 Å². The number of carbonyl (C=O) groups excluding carboxylic acids is 1. The number of hydrogen-bond donors (Lipinski definition) is 1. The number of thioether (sulfide) groups is 1. The maximum atomic E-state index is 13.0. The van der Waals surface area contributed by atoms with E-state index in [-0.39, 0.29) is 5.91 Å². The molecule has 6 nitrogen and oxygen atoms in total. The van der Waals surface area contributed by atoms with Crippen LogP contribution in [0.4, 0.5) is 0 Å². The number of rotatable bonds is 7. The van der Waals surface area contributed by atoms with E-state index < -0.39 is 0 Å². The average molecular weight is 437 g/mol.